The highest BCUT2D eigenvalue weighted by Crippen LogP contribution is 2.29. The van der Waals surface area contributed by atoms with Crippen LogP contribution in [0.2, 0.25) is 5.02 Å². The fourth-order valence-corrected chi connectivity index (χ4v) is 4.19. The fourth-order valence-electron chi connectivity index (χ4n) is 3.23. The molecule has 3 nitrogen and oxygen atoms in total. The van der Waals surface area contributed by atoms with Crippen molar-refractivity contribution in [3.05, 3.63) is 57.2 Å². The Balaban J connectivity index is 1.59. The molecule has 1 aliphatic rings. The van der Waals surface area contributed by atoms with Crippen molar-refractivity contribution in [3.8, 4) is 0 Å². The molecule has 0 saturated carbocycles. The number of likely N-dealkylation sites (tertiary alicyclic amines) is 1. The van der Waals surface area contributed by atoms with E-state index in [9.17, 15) is 4.79 Å². The highest BCUT2D eigenvalue weighted by molar-refractivity contribution is 7.07. The van der Waals surface area contributed by atoms with Crippen LogP contribution in [0, 0.1) is 0 Å². The topological polar surface area (TPSA) is 32.3 Å². The van der Waals surface area contributed by atoms with Crippen molar-refractivity contribution in [1.82, 2.24) is 10.2 Å². The Hall–Kier alpha value is -1.36. The van der Waals surface area contributed by atoms with Gasteiger partial charge in [-0.15, -0.1) is 0 Å². The van der Waals surface area contributed by atoms with Gasteiger partial charge >= 0.3 is 0 Å². The number of halogens is 1. The third kappa shape index (κ3) is 4.59. The van der Waals surface area contributed by atoms with Crippen molar-refractivity contribution in [1.29, 1.82) is 0 Å². The van der Waals surface area contributed by atoms with Crippen LogP contribution >= 0.6 is 22.9 Å². The minimum Gasteiger partial charge on any atom is -0.354 e. The van der Waals surface area contributed by atoms with Crippen molar-refractivity contribution in [3.63, 3.8) is 0 Å². The number of aryl methyl sites for hydroxylation is 1. The summed E-state index contributed by atoms with van der Waals surface area (Å²) in [6.45, 7) is 2.76. The lowest BCUT2D eigenvalue weighted by atomic mass is 10.1. The van der Waals surface area contributed by atoms with E-state index < -0.39 is 0 Å². The molecule has 1 unspecified atom stereocenters. The molecular weight excluding hydrogens is 340 g/mol. The molecule has 1 amide bonds. The second-order valence-electron chi connectivity index (χ2n) is 6.22. The van der Waals surface area contributed by atoms with Crippen LogP contribution in [0.25, 0.3) is 0 Å². The zero-order valence-corrected chi connectivity index (χ0v) is 15.3. The van der Waals surface area contributed by atoms with Crippen LogP contribution in [0.15, 0.2) is 41.1 Å². The first-order valence-electron chi connectivity index (χ1n) is 8.50. The Labute approximate surface area is 152 Å². The Kier molecular flexibility index (Phi) is 6.30. The summed E-state index contributed by atoms with van der Waals surface area (Å²) < 4.78 is 0. The van der Waals surface area contributed by atoms with Gasteiger partial charge in [0.2, 0.25) is 5.91 Å². The minimum atomic E-state index is 0.109. The van der Waals surface area contributed by atoms with Crippen molar-refractivity contribution in [2.75, 3.05) is 19.6 Å². The second-order valence-corrected chi connectivity index (χ2v) is 7.40. The first-order valence-corrected chi connectivity index (χ1v) is 9.82. The normalized spacial score (nSPS) is 16.2. The highest BCUT2D eigenvalue weighted by atomic mass is 35.5. The summed E-state index contributed by atoms with van der Waals surface area (Å²) in [5, 5.41) is 8.04. The molecule has 2 aromatic rings. The number of rotatable bonds is 7. The maximum atomic E-state index is 12.2. The molecule has 24 heavy (non-hydrogen) atoms. The lowest BCUT2D eigenvalue weighted by molar-refractivity contribution is -0.121. The molecule has 3 rings (SSSR count). The van der Waals surface area contributed by atoms with Crippen LogP contribution in [0.5, 0.6) is 0 Å². The van der Waals surface area contributed by atoms with E-state index in [0.717, 1.165) is 30.1 Å². The number of thiophene rings is 1. The summed E-state index contributed by atoms with van der Waals surface area (Å²) in [4.78, 5) is 14.6. The van der Waals surface area contributed by atoms with Gasteiger partial charge < -0.3 is 5.32 Å². The Morgan fingerprint density at radius 1 is 1.25 bits per heavy atom. The summed E-state index contributed by atoms with van der Waals surface area (Å²) >= 11 is 8.08. The largest absolute Gasteiger partial charge is 0.354 e. The van der Waals surface area contributed by atoms with E-state index in [1.54, 1.807) is 11.3 Å². The van der Waals surface area contributed by atoms with E-state index in [1.165, 1.54) is 18.4 Å². The van der Waals surface area contributed by atoms with Gasteiger partial charge in [-0.3, -0.25) is 9.69 Å². The van der Waals surface area contributed by atoms with Gasteiger partial charge in [-0.1, -0.05) is 29.8 Å². The van der Waals surface area contributed by atoms with Gasteiger partial charge in [0.15, 0.2) is 0 Å². The Morgan fingerprint density at radius 2 is 2.04 bits per heavy atom. The van der Waals surface area contributed by atoms with Crippen molar-refractivity contribution in [2.24, 2.45) is 0 Å². The molecule has 1 saturated heterocycles. The highest BCUT2D eigenvalue weighted by Gasteiger charge is 2.25. The fraction of sp³-hybridized carbons (Fsp3) is 0.421. The molecule has 5 heteroatoms. The third-order valence-corrected chi connectivity index (χ3v) is 5.64. The molecule has 1 aliphatic heterocycles. The molecular formula is C19H23ClN2OS. The predicted octanol–water partition coefficient (Wildman–Crippen LogP) is 4.29. The van der Waals surface area contributed by atoms with Gasteiger partial charge in [0.05, 0.1) is 6.04 Å². The number of nitrogens with one attached hydrogen (secondary N) is 1. The number of carbonyl (C=O) groups excluding carboxylic acids is 1. The number of hydrogen-bond donors (Lipinski definition) is 1. The lowest BCUT2D eigenvalue weighted by Crippen LogP contribution is -2.37. The zero-order valence-electron chi connectivity index (χ0n) is 13.7. The quantitative estimate of drug-likeness (QED) is 0.797. The van der Waals surface area contributed by atoms with Crippen LogP contribution in [-0.2, 0) is 11.2 Å². The first kappa shape index (κ1) is 17.5. The molecule has 0 spiro atoms. The Bertz CT molecular complexity index is 653. The summed E-state index contributed by atoms with van der Waals surface area (Å²) in [6.07, 6.45) is 3.77. The van der Waals surface area contributed by atoms with Crippen LogP contribution in [0.4, 0.5) is 0 Å². The van der Waals surface area contributed by atoms with Crippen LogP contribution in [0.1, 0.15) is 36.4 Å². The molecule has 1 N–H and O–H groups in total. The van der Waals surface area contributed by atoms with Gasteiger partial charge in [0, 0.05) is 18.0 Å². The molecule has 1 fully saturated rings. The molecule has 0 radical (unpaired) electrons. The minimum absolute atomic E-state index is 0.109. The monoisotopic (exact) mass is 362 g/mol. The molecule has 128 valence electrons. The van der Waals surface area contributed by atoms with Gasteiger partial charge in [0.1, 0.15) is 0 Å². The Morgan fingerprint density at radius 3 is 2.75 bits per heavy atom. The number of benzene rings is 1. The predicted molar refractivity (Wildman–Crippen MR) is 101 cm³/mol. The molecule has 0 aliphatic carbocycles. The second kappa shape index (κ2) is 8.65. The zero-order chi connectivity index (χ0) is 16.8. The number of hydrogen-bond acceptors (Lipinski definition) is 3. The van der Waals surface area contributed by atoms with E-state index in [0.29, 0.717) is 13.0 Å². The van der Waals surface area contributed by atoms with Crippen molar-refractivity contribution >= 4 is 28.8 Å². The molecule has 1 aromatic heterocycles. The summed E-state index contributed by atoms with van der Waals surface area (Å²) in [5.74, 6) is 0.109. The van der Waals surface area contributed by atoms with Crippen LogP contribution in [0.3, 0.4) is 0 Å². The average Bonchev–Trinajstić information content (AvgIpc) is 3.28. The lowest BCUT2D eigenvalue weighted by Gasteiger charge is -2.29. The summed E-state index contributed by atoms with van der Waals surface area (Å²) in [5.41, 5.74) is 2.34. The standard InChI is InChI=1S/C19H23ClN2OS/c20-17-6-2-1-5-16(17)18(22-10-3-4-11-22)13-21-19(23)8-7-15-9-12-24-14-15/h1-2,5-6,9,12,14,18H,3-4,7-8,10-11,13H2,(H,21,23). The van der Waals surface area contributed by atoms with Crippen LogP contribution < -0.4 is 5.32 Å². The maximum absolute atomic E-state index is 12.2. The SMILES string of the molecule is O=C(CCc1ccsc1)NCC(c1ccccc1Cl)N1CCCC1. The third-order valence-electron chi connectivity index (χ3n) is 4.56. The smallest absolute Gasteiger partial charge is 0.220 e. The van der Waals surface area contributed by atoms with E-state index in [4.69, 9.17) is 11.6 Å². The average molecular weight is 363 g/mol. The first-order chi connectivity index (χ1) is 11.7. The van der Waals surface area contributed by atoms with Gasteiger partial charge in [-0.2, -0.15) is 11.3 Å². The van der Waals surface area contributed by atoms with E-state index >= 15 is 0 Å². The van der Waals surface area contributed by atoms with E-state index in [1.807, 2.05) is 23.6 Å². The number of amides is 1. The number of nitrogens with zero attached hydrogens (tertiary/aromatic N) is 1. The van der Waals surface area contributed by atoms with Gasteiger partial charge in [0.25, 0.3) is 0 Å². The summed E-state index contributed by atoms with van der Waals surface area (Å²) in [6, 6.07) is 10.2. The summed E-state index contributed by atoms with van der Waals surface area (Å²) in [7, 11) is 0. The van der Waals surface area contributed by atoms with Gasteiger partial charge in [-0.25, -0.2) is 0 Å². The van der Waals surface area contributed by atoms with E-state index in [-0.39, 0.29) is 11.9 Å². The molecule has 0 bridgehead atoms. The number of carbonyl (C=O) groups is 1. The molecule has 2 heterocycles. The van der Waals surface area contributed by atoms with Crippen LogP contribution in [-0.4, -0.2) is 30.4 Å². The van der Waals surface area contributed by atoms with E-state index in [2.05, 4.69) is 27.7 Å². The van der Waals surface area contributed by atoms with Crippen molar-refractivity contribution in [2.45, 2.75) is 31.7 Å². The molecule has 1 aromatic carbocycles. The van der Waals surface area contributed by atoms with Gasteiger partial charge in [-0.05, 0) is 66.4 Å². The maximum Gasteiger partial charge on any atom is 0.220 e. The van der Waals surface area contributed by atoms with Crippen molar-refractivity contribution < 1.29 is 4.79 Å². The molecule has 1 atom stereocenters.